The van der Waals surface area contributed by atoms with E-state index < -0.39 is 12.1 Å². The van der Waals surface area contributed by atoms with Gasteiger partial charge in [-0.1, -0.05) is 35.3 Å². The van der Waals surface area contributed by atoms with Crippen LogP contribution in [0.4, 0.5) is 32.3 Å². The largest absolute Gasteiger partial charge is 0.495 e. The van der Waals surface area contributed by atoms with Crippen LogP contribution in [0.1, 0.15) is 0 Å². The monoisotopic (exact) mass is 550 g/mol. The summed E-state index contributed by atoms with van der Waals surface area (Å²) in [5, 5.41) is 12.2. The van der Waals surface area contributed by atoms with Gasteiger partial charge in [-0.25, -0.2) is 9.59 Å². The van der Waals surface area contributed by atoms with Gasteiger partial charge in [0.05, 0.1) is 25.6 Å². The minimum atomic E-state index is -0.424. The molecule has 0 saturated heterocycles. The first-order valence-corrected chi connectivity index (χ1v) is 12.1. The lowest BCUT2D eigenvalue weighted by molar-refractivity contribution is 0.261. The number of benzene rings is 4. The first kappa shape index (κ1) is 26.7. The van der Waals surface area contributed by atoms with E-state index in [4.69, 9.17) is 32.7 Å². The normalized spacial score (nSPS) is 10.3. The van der Waals surface area contributed by atoms with Crippen LogP contribution >= 0.6 is 23.2 Å². The Morgan fingerprint density at radius 3 is 1.26 bits per heavy atom. The number of rotatable bonds is 7. The van der Waals surface area contributed by atoms with Gasteiger partial charge in [0.15, 0.2) is 0 Å². The lowest BCUT2D eigenvalue weighted by atomic mass is 10.0. The molecule has 0 fully saturated rings. The third-order valence-corrected chi connectivity index (χ3v) is 5.94. The molecule has 194 valence electrons. The molecule has 0 atom stereocenters. The Morgan fingerprint density at radius 1 is 0.553 bits per heavy atom. The van der Waals surface area contributed by atoms with Gasteiger partial charge in [-0.05, 0) is 83.9 Å². The van der Waals surface area contributed by atoms with Crippen LogP contribution in [0.15, 0.2) is 84.9 Å². The van der Waals surface area contributed by atoms with Crippen molar-refractivity contribution < 1.29 is 19.1 Å². The third-order valence-electron chi connectivity index (χ3n) is 5.44. The number of anilines is 4. The second-order valence-electron chi connectivity index (χ2n) is 8.00. The van der Waals surface area contributed by atoms with E-state index in [0.717, 1.165) is 11.1 Å². The van der Waals surface area contributed by atoms with E-state index in [-0.39, 0.29) is 0 Å². The number of urea groups is 2. The van der Waals surface area contributed by atoms with Gasteiger partial charge in [0.25, 0.3) is 0 Å². The summed E-state index contributed by atoms with van der Waals surface area (Å²) in [6.07, 6.45) is 0. The van der Waals surface area contributed by atoms with Crippen LogP contribution in [0.3, 0.4) is 0 Å². The summed E-state index contributed by atoms with van der Waals surface area (Å²) in [4.78, 5) is 24.9. The van der Waals surface area contributed by atoms with E-state index in [9.17, 15) is 9.59 Å². The van der Waals surface area contributed by atoms with Gasteiger partial charge in [-0.3, -0.25) is 0 Å². The second kappa shape index (κ2) is 12.2. The Labute approximate surface area is 229 Å². The minimum absolute atomic E-state index is 0.424. The summed E-state index contributed by atoms with van der Waals surface area (Å²) >= 11 is 11.8. The van der Waals surface area contributed by atoms with Crippen molar-refractivity contribution in [3.63, 3.8) is 0 Å². The van der Waals surface area contributed by atoms with Gasteiger partial charge in [0, 0.05) is 21.4 Å². The molecule has 0 aromatic heterocycles. The average molecular weight is 551 g/mol. The average Bonchev–Trinajstić information content (AvgIpc) is 2.91. The molecule has 0 saturated carbocycles. The molecule has 0 unspecified atom stereocenters. The molecule has 8 nitrogen and oxygen atoms in total. The molecule has 4 amide bonds. The van der Waals surface area contributed by atoms with E-state index in [2.05, 4.69) is 21.3 Å². The lowest BCUT2D eigenvalue weighted by Crippen LogP contribution is -2.19. The van der Waals surface area contributed by atoms with E-state index in [1.54, 1.807) is 72.8 Å². The Bertz CT molecular complexity index is 1330. The fraction of sp³-hybridized carbons (Fsp3) is 0.0714. The van der Waals surface area contributed by atoms with E-state index in [0.29, 0.717) is 44.3 Å². The van der Waals surface area contributed by atoms with Crippen LogP contribution in [0.5, 0.6) is 11.5 Å². The first-order valence-electron chi connectivity index (χ1n) is 11.4. The van der Waals surface area contributed by atoms with E-state index >= 15 is 0 Å². The second-order valence-corrected chi connectivity index (χ2v) is 8.88. The molecule has 4 aromatic carbocycles. The highest BCUT2D eigenvalue weighted by molar-refractivity contribution is 6.31. The molecule has 0 aliphatic rings. The van der Waals surface area contributed by atoms with E-state index in [1.165, 1.54) is 14.2 Å². The molecule has 0 bridgehead atoms. The zero-order valence-electron chi connectivity index (χ0n) is 20.5. The summed E-state index contributed by atoms with van der Waals surface area (Å²) in [5.74, 6) is 0.939. The molecular formula is C28H24Cl2N4O4. The standard InChI is InChI=1S/C28H24Cl2N4O4/c1-37-25-15-17(3-13-23(25)33-27(35)31-21-9-5-19(29)6-10-21)18-4-14-24(26(16-18)38-2)34-28(36)32-22-11-7-20(30)8-12-22/h3-16H,1-2H3,(H2,31,33,35)(H2,32,34,36). The molecule has 0 heterocycles. The molecular weight excluding hydrogens is 527 g/mol. The number of halogens is 2. The van der Waals surface area contributed by atoms with Crippen LogP contribution in [-0.4, -0.2) is 26.3 Å². The van der Waals surface area contributed by atoms with Gasteiger partial charge in [-0.2, -0.15) is 0 Å². The first-order chi connectivity index (χ1) is 18.3. The van der Waals surface area contributed by atoms with Crippen molar-refractivity contribution in [3.8, 4) is 22.6 Å². The van der Waals surface area contributed by atoms with Crippen molar-refractivity contribution >= 4 is 58.0 Å². The molecule has 0 radical (unpaired) electrons. The van der Waals surface area contributed by atoms with Crippen LogP contribution in [0.25, 0.3) is 11.1 Å². The van der Waals surface area contributed by atoms with E-state index in [1.807, 2.05) is 12.1 Å². The molecule has 4 aromatic rings. The summed E-state index contributed by atoms with van der Waals surface area (Å²) in [5.41, 5.74) is 3.83. The minimum Gasteiger partial charge on any atom is -0.495 e. The fourth-order valence-corrected chi connectivity index (χ4v) is 3.84. The summed E-state index contributed by atoms with van der Waals surface area (Å²) in [7, 11) is 3.04. The van der Waals surface area contributed by atoms with Crippen molar-refractivity contribution in [2.45, 2.75) is 0 Å². The van der Waals surface area contributed by atoms with Crippen LogP contribution < -0.4 is 30.7 Å². The molecule has 10 heteroatoms. The molecule has 0 spiro atoms. The van der Waals surface area contributed by atoms with Crippen molar-refractivity contribution in [1.29, 1.82) is 0 Å². The number of carbonyl (C=O) groups is 2. The maximum atomic E-state index is 12.5. The predicted octanol–water partition coefficient (Wildman–Crippen LogP) is 7.97. The summed E-state index contributed by atoms with van der Waals surface area (Å²) < 4.78 is 11.0. The van der Waals surface area contributed by atoms with Gasteiger partial charge >= 0.3 is 12.1 Å². The Balaban J connectivity index is 1.46. The maximum Gasteiger partial charge on any atom is 0.323 e. The van der Waals surface area contributed by atoms with Gasteiger partial charge in [0.1, 0.15) is 11.5 Å². The van der Waals surface area contributed by atoms with Crippen LogP contribution in [0, 0.1) is 0 Å². The molecule has 0 aliphatic heterocycles. The number of amides is 4. The quantitative estimate of drug-likeness (QED) is 0.187. The Hall–Kier alpha value is -4.40. The number of hydrogen-bond donors (Lipinski definition) is 4. The summed E-state index contributed by atoms with van der Waals surface area (Å²) in [6.45, 7) is 0. The van der Waals surface area contributed by atoms with Crippen molar-refractivity contribution in [3.05, 3.63) is 95.0 Å². The Kier molecular flexibility index (Phi) is 8.58. The number of hydrogen-bond acceptors (Lipinski definition) is 4. The lowest BCUT2D eigenvalue weighted by Gasteiger charge is -2.15. The molecule has 0 aliphatic carbocycles. The maximum absolute atomic E-state index is 12.5. The van der Waals surface area contributed by atoms with Gasteiger partial charge in [-0.15, -0.1) is 0 Å². The number of nitrogens with one attached hydrogen (secondary N) is 4. The van der Waals surface area contributed by atoms with Crippen LogP contribution in [0.2, 0.25) is 10.0 Å². The number of methoxy groups -OCH3 is 2. The number of ether oxygens (including phenoxy) is 2. The highest BCUT2D eigenvalue weighted by Crippen LogP contribution is 2.35. The van der Waals surface area contributed by atoms with Crippen molar-refractivity contribution in [1.82, 2.24) is 0 Å². The predicted molar refractivity (Wildman–Crippen MR) is 153 cm³/mol. The summed E-state index contributed by atoms with van der Waals surface area (Å²) in [6, 6.07) is 23.5. The molecule has 38 heavy (non-hydrogen) atoms. The highest BCUT2D eigenvalue weighted by Gasteiger charge is 2.13. The third kappa shape index (κ3) is 6.88. The molecule has 4 rings (SSSR count). The number of carbonyl (C=O) groups excluding carboxylic acids is 2. The van der Waals surface area contributed by atoms with Gasteiger partial charge in [0.2, 0.25) is 0 Å². The Morgan fingerprint density at radius 2 is 0.921 bits per heavy atom. The zero-order chi connectivity index (χ0) is 27.1. The zero-order valence-corrected chi connectivity index (χ0v) is 22.0. The fourth-order valence-electron chi connectivity index (χ4n) is 3.58. The SMILES string of the molecule is COc1cc(-c2ccc(NC(=O)Nc3ccc(Cl)cc3)c(OC)c2)ccc1NC(=O)Nc1ccc(Cl)cc1. The molecule has 4 N–H and O–H groups in total. The smallest absolute Gasteiger partial charge is 0.323 e. The topological polar surface area (TPSA) is 101 Å². The van der Waals surface area contributed by atoms with Gasteiger partial charge < -0.3 is 30.7 Å². The van der Waals surface area contributed by atoms with Crippen LogP contribution in [-0.2, 0) is 0 Å². The van der Waals surface area contributed by atoms with Crippen molar-refractivity contribution in [2.24, 2.45) is 0 Å². The van der Waals surface area contributed by atoms with Crippen molar-refractivity contribution in [2.75, 3.05) is 35.5 Å². The highest BCUT2D eigenvalue weighted by atomic mass is 35.5.